The Bertz CT molecular complexity index is 1570. The molecule has 11 heteroatoms. The Morgan fingerprint density at radius 2 is 1.86 bits per heavy atom. The molecule has 2 aromatic heterocycles. The SMILES string of the molecule is CCC1(n2nc(Nc3ccc(C(=O)N4CC5CC(C4)O5)c(C)c3)c3c(=O)[nH]ccc32)CCN(C(=O)OC(C)(C)C)CC1.[HH].[HH]. The Labute approximate surface area is 248 Å². The second-order valence-electron chi connectivity index (χ2n) is 12.9. The zero-order valence-corrected chi connectivity index (χ0v) is 25.0. The average Bonchev–Trinajstić information content (AvgIpc) is 3.31. The summed E-state index contributed by atoms with van der Waals surface area (Å²) in [7, 11) is 0. The number of hydrogen-bond donors (Lipinski definition) is 2. The number of pyridine rings is 1. The summed E-state index contributed by atoms with van der Waals surface area (Å²) < 4.78 is 13.2. The molecule has 7 rings (SSSR count). The van der Waals surface area contributed by atoms with E-state index in [2.05, 4.69) is 17.2 Å². The summed E-state index contributed by atoms with van der Waals surface area (Å²) in [6.45, 7) is 12.0. The highest BCUT2D eigenvalue weighted by Crippen LogP contribution is 2.38. The molecule has 0 spiro atoms. The molecular formula is C31H44N6O5. The van der Waals surface area contributed by atoms with Gasteiger partial charge < -0.3 is 29.6 Å². The molecule has 4 aliphatic rings. The number of ether oxygens (including phenoxy) is 2. The van der Waals surface area contributed by atoms with Crippen LogP contribution in [-0.4, -0.2) is 80.6 Å². The maximum absolute atomic E-state index is 13.2. The number of morpholine rings is 1. The van der Waals surface area contributed by atoms with Crippen molar-refractivity contribution in [3.63, 3.8) is 0 Å². The summed E-state index contributed by atoms with van der Waals surface area (Å²) in [5.41, 5.74) is 1.85. The normalized spacial score (nSPS) is 21.6. The fraction of sp³-hybridized carbons (Fsp3) is 0.548. The number of piperidine rings is 2. The fourth-order valence-corrected chi connectivity index (χ4v) is 6.48. The molecule has 2 atom stereocenters. The van der Waals surface area contributed by atoms with Gasteiger partial charge in [0.25, 0.3) is 11.5 Å². The van der Waals surface area contributed by atoms with E-state index in [1.807, 2.05) is 61.5 Å². The topological polar surface area (TPSA) is 122 Å². The number of carbonyl (C=O) groups is 2. The molecule has 4 fully saturated rings. The number of likely N-dealkylation sites (tertiary alicyclic amines) is 1. The van der Waals surface area contributed by atoms with Crippen LogP contribution in [0.4, 0.5) is 16.3 Å². The lowest BCUT2D eigenvalue weighted by atomic mass is 9.85. The molecule has 42 heavy (non-hydrogen) atoms. The zero-order valence-electron chi connectivity index (χ0n) is 25.0. The van der Waals surface area contributed by atoms with Crippen molar-refractivity contribution in [2.75, 3.05) is 31.5 Å². The lowest BCUT2D eigenvalue weighted by Crippen LogP contribution is -2.58. The highest BCUT2D eigenvalue weighted by atomic mass is 16.6. The van der Waals surface area contributed by atoms with Crippen molar-refractivity contribution in [3.8, 4) is 0 Å². The van der Waals surface area contributed by atoms with E-state index in [0.29, 0.717) is 55.8 Å². The number of benzene rings is 1. The van der Waals surface area contributed by atoms with Gasteiger partial charge in [0, 0.05) is 52.9 Å². The number of amides is 2. The minimum atomic E-state index is -0.553. The number of H-pyrrole nitrogens is 1. The van der Waals surface area contributed by atoms with Crippen molar-refractivity contribution in [2.45, 2.75) is 83.6 Å². The standard InChI is InChI=1S/C31H40N6O5.2H2/c1-6-31(10-13-35(14-11-31)29(40)42-30(3,4)5)37-24-9-12-32-27(38)25(24)26(34-37)33-20-7-8-23(19(2)15-20)28(39)36-17-21-16-22(18-36)41-21;;/h7-9,12,15,21-22H,6,10-11,13-14,16-18H2,1-5H3,(H,32,38)(H,33,34);2*1H. The van der Waals surface area contributed by atoms with Crippen LogP contribution >= 0.6 is 0 Å². The maximum Gasteiger partial charge on any atom is 0.410 e. The second-order valence-corrected chi connectivity index (χ2v) is 12.9. The van der Waals surface area contributed by atoms with Crippen LogP contribution in [0.5, 0.6) is 0 Å². The Balaban J connectivity index is 0.00000221. The first kappa shape index (κ1) is 28.3. The van der Waals surface area contributed by atoms with Crippen molar-refractivity contribution in [2.24, 2.45) is 0 Å². The summed E-state index contributed by atoms with van der Waals surface area (Å²) in [6, 6.07) is 7.50. The molecule has 2 amide bonds. The quantitative estimate of drug-likeness (QED) is 0.435. The molecule has 0 radical (unpaired) electrons. The van der Waals surface area contributed by atoms with Crippen LogP contribution in [0.3, 0.4) is 0 Å². The molecule has 0 saturated carbocycles. The second kappa shape index (κ2) is 10.4. The number of aryl methyl sites for hydroxylation is 1. The molecule has 0 aliphatic carbocycles. The number of aromatic nitrogens is 3. The highest BCUT2D eigenvalue weighted by molar-refractivity contribution is 5.97. The first-order valence-corrected chi connectivity index (χ1v) is 14.9. The van der Waals surface area contributed by atoms with Crippen LogP contribution in [0.1, 0.15) is 72.2 Å². The first-order chi connectivity index (χ1) is 20.0. The predicted octanol–water partition coefficient (Wildman–Crippen LogP) is 5.02. The molecule has 3 aromatic rings. The van der Waals surface area contributed by atoms with Gasteiger partial charge in [-0.2, -0.15) is 5.10 Å². The van der Waals surface area contributed by atoms with Crippen molar-refractivity contribution < 1.29 is 21.9 Å². The van der Waals surface area contributed by atoms with Gasteiger partial charge in [0.1, 0.15) is 11.0 Å². The monoisotopic (exact) mass is 580 g/mol. The Morgan fingerprint density at radius 3 is 2.48 bits per heavy atom. The van der Waals surface area contributed by atoms with E-state index in [-0.39, 0.29) is 38.2 Å². The highest BCUT2D eigenvalue weighted by Gasteiger charge is 2.41. The van der Waals surface area contributed by atoms with Gasteiger partial charge in [-0.15, -0.1) is 0 Å². The third-order valence-corrected chi connectivity index (χ3v) is 8.82. The van der Waals surface area contributed by atoms with Crippen LogP contribution in [0.15, 0.2) is 35.3 Å². The van der Waals surface area contributed by atoms with Gasteiger partial charge in [0.15, 0.2) is 5.82 Å². The van der Waals surface area contributed by atoms with Crippen LogP contribution in [0.25, 0.3) is 10.9 Å². The molecule has 4 saturated heterocycles. The number of nitrogens with one attached hydrogen (secondary N) is 2. The largest absolute Gasteiger partial charge is 0.444 e. The summed E-state index contributed by atoms with van der Waals surface area (Å²) >= 11 is 0. The molecule has 2 N–H and O–H groups in total. The average molecular weight is 581 g/mol. The first-order valence-electron chi connectivity index (χ1n) is 14.9. The maximum atomic E-state index is 13.2. The van der Waals surface area contributed by atoms with Crippen LogP contribution in [0, 0.1) is 6.92 Å². The smallest absolute Gasteiger partial charge is 0.410 e. The van der Waals surface area contributed by atoms with Crippen molar-refractivity contribution in [3.05, 3.63) is 51.9 Å². The Kier molecular flexibility index (Phi) is 7.03. The summed E-state index contributed by atoms with van der Waals surface area (Å²) in [5.74, 6) is 0.479. The number of rotatable bonds is 5. The number of nitrogens with zero attached hydrogens (tertiary/aromatic N) is 4. The minimum absolute atomic E-state index is 0. The van der Waals surface area contributed by atoms with Crippen LogP contribution in [-0.2, 0) is 15.0 Å². The van der Waals surface area contributed by atoms with Crippen LogP contribution in [0.2, 0.25) is 0 Å². The molecule has 6 heterocycles. The van der Waals surface area contributed by atoms with Gasteiger partial charge in [-0.3, -0.25) is 14.3 Å². The fourth-order valence-electron chi connectivity index (χ4n) is 6.48. The number of aromatic amines is 1. The number of anilines is 2. The van der Waals surface area contributed by atoms with Gasteiger partial charge in [0.2, 0.25) is 0 Å². The third kappa shape index (κ3) is 5.14. The van der Waals surface area contributed by atoms with Gasteiger partial charge in [-0.25, -0.2) is 4.79 Å². The van der Waals surface area contributed by atoms with E-state index in [1.54, 1.807) is 11.1 Å². The summed E-state index contributed by atoms with van der Waals surface area (Å²) in [6.07, 6.45) is 4.85. The molecule has 2 unspecified atom stereocenters. The molecule has 4 aliphatic heterocycles. The molecule has 2 bridgehead atoms. The Hall–Kier alpha value is -3.86. The van der Waals surface area contributed by atoms with Gasteiger partial charge >= 0.3 is 6.09 Å². The number of carbonyl (C=O) groups excluding carboxylic acids is 2. The van der Waals surface area contributed by atoms with Crippen LogP contribution < -0.4 is 10.9 Å². The van der Waals surface area contributed by atoms with Crippen molar-refractivity contribution >= 4 is 34.4 Å². The molecule has 228 valence electrons. The number of hydrogen-bond acceptors (Lipinski definition) is 7. The summed E-state index contributed by atoms with van der Waals surface area (Å²) in [5, 5.41) is 8.81. The Morgan fingerprint density at radius 1 is 1.17 bits per heavy atom. The molecular weight excluding hydrogens is 536 g/mol. The van der Waals surface area contributed by atoms with Crippen molar-refractivity contribution in [1.82, 2.24) is 24.6 Å². The van der Waals surface area contributed by atoms with E-state index in [1.165, 1.54) is 0 Å². The lowest BCUT2D eigenvalue weighted by molar-refractivity contribution is -0.171. The molecule has 11 nitrogen and oxygen atoms in total. The lowest BCUT2D eigenvalue weighted by Gasteiger charge is -2.47. The summed E-state index contributed by atoms with van der Waals surface area (Å²) in [4.78, 5) is 45.4. The minimum Gasteiger partial charge on any atom is -0.444 e. The van der Waals surface area contributed by atoms with E-state index in [4.69, 9.17) is 14.6 Å². The molecule has 1 aromatic carbocycles. The van der Waals surface area contributed by atoms with E-state index in [0.717, 1.165) is 29.6 Å². The zero-order chi connectivity index (χ0) is 29.8. The number of fused-ring (bicyclic) bond motifs is 3. The van der Waals surface area contributed by atoms with Crippen molar-refractivity contribution in [1.29, 1.82) is 0 Å². The van der Waals surface area contributed by atoms with E-state index in [9.17, 15) is 14.4 Å². The van der Waals surface area contributed by atoms with Gasteiger partial charge in [-0.1, -0.05) is 6.92 Å². The van der Waals surface area contributed by atoms with Gasteiger partial charge in [-0.05, 0) is 76.8 Å². The van der Waals surface area contributed by atoms with Gasteiger partial charge in [0.05, 0.1) is 23.3 Å². The predicted molar refractivity (Wildman–Crippen MR) is 164 cm³/mol. The van der Waals surface area contributed by atoms with E-state index >= 15 is 0 Å². The van der Waals surface area contributed by atoms with E-state index < -0.39 is 5.60 Å². The third-order valence-electron chi connectivity index (χ3n) is 8.82.